The van der Waals surface area contributed by atoms with E-state index in [1.165, 1.54) is 16.3 Å². The van der Waals surface area contributed by atoms with E-state index in [0.29, 0.717) is 11.1 Å². The minimum Gasteiger partial charge on any atom is -0.268 e. The normalized spacial score (nSPS) is 17.0. The molecule has 5 heteroatoms. The van der Waals surface area contributed by atoms with E-state index in [2.05, 4.69) is 0 Å². The van der Waals surface area contributed by atoms with Gasteiger partial charge in [0.15, 0.2) is 0 Å². The molecule has 18 heavy (non-hydrogen) atoms. The molecule has 2 amide bonds. The number of fused-ring (bicyclic) bond motifs is 1. The zero-order valence-corrected chi connectivity index (χ0v) is 12.0. The van der Waals surface area contributed by atoms with Gasteiger partial charge in [-0.25, -0.2) is 4.31 Å². The van der Waals surface area contributed by atoms with Gasteiger partial charge in [0.2, 0.25) is 0 Å². The van der Waals surface area contributed by atoms with Gasteiger partial charge in [0.05, 0.1) is 11.1 Å². The number of alkyl halides is 1. The first-order chi connectivity index (χ1) is 8.34. The highest BCUT2D eigenvalue weighted by Gasteiger charge is 2.40. The Morgan fingerprint density at radius 2 is 1.61 bits per heavy atom. The van der Waals surface area contributed by atoms with Crippen molar-refractivity contribution in [3.05, 3.63) is 35.4 Å². The largest absolute Gasteiger partial charge is 0.271 e. The van der Waals surface area contributed by atoms with Crippen LogP contribution in [0.4, 0.5) is 0 Å². The third-order valence-corrected chi connectivity index (χ3v) is 5.05. The van der Waals surface area contributed by atoms with Crippen LogP contribution < -0.4 is 0 Å². The van der Waals surface area contributed by atoms with Crippen molar-refractivity contribution in [2.45, 2.75) is 30.9 Å². The van der Waals surface area contributed by atoms with Crippen LogP contribution in [0.3, 0.4) is 0 Å². The molecule has 96 valence electrons. The summed E-state index contributed by atoms with van der Waals surface area (Å²) in [6, 6.07) is 6.86. The van der Waals surface area contributed by atoms with Gasteiger partial charge in [-0.3, -0.25) is 9.59 Å². The second-order valence-corrected chi connectivity index (χ2v) is 7.02. The van der Waals surface area contributed by atoms with E-state index in [4.69, 9.17) is 11.6 Å². The molecule has 0 radical (unpaired) electrons. The van der Waals surface area contributed by atoms with Gasteiger partial charge in [0.1, 0.15) is 0 Å². The molecule has 0 bridgehead atoms. The summed E-state index contributed by atoms with van der Waals surface area (Å²) in [6.07, 6.45) is 0. The molecule has 2 rings (SSSR count). The number of hydrogen-bond acceptors (Lipinski definition) is 3. The Morgan fingerprint density at radius 3 is 2.00 bits per heavy atom. The summed E-state index contributed by atoms with van der Waals surface area (Å²) in [4.78, 5) is 24.3. The lowest BCUT2D eigenvalue weighted by Crippen LogP contribution is -2.34. The molecule has 0 aromatic heterocycles. The first-order valence-electron chi connectivity index (χ1n) is 5.65. The molecule has 3 nitrogen and oxygen atoms in total. The fourth-order valence-corrected chi connectivity index (χ4v) is 2.66. The van der Waals surface area contributed by atoms with Gasteiger partial charge in [-0.15, -0.1) is 11.6 Å². The Bertz CT molecular complexity index is 478. The van der Waals surface area contributed by atoms with Gasteiger partial charge in [0, 0.05) is 10.1 Å². The molecular weight excluding hydrogens is 270 g/mol. The highest BCUT2D eigenvalue weighted by molar-refractivity contribution is 7.99. The smallest absolute Gasteiger partial charge is 0.268 e. The second kappa shape index (κ2) is 4.59. The standard InChI is InChI=1S/C13H14ClNO2S/c1-8(14)13(2,3)18-15-11(16)9-6-4-5-7-10(9)12(15)17/h4-8H,1-3H3. The summed E-state index contributed by atoms with van der Waals surface area (Å²) in [6.45, 7) is 5.69. The van der Waals surface area contributed by atoms with Crippen LogP contribution in [-0.4, -0.2) is 26.2 Å². The van der Waals surface area contributed by atoms with Gasteiger partial charge in [0.25, 0.3) is 11.8 Å². The first-order valence-corrected chi connectivity index (χ1v) is 6.86. The Balaban J connectivity index is 2.30. The zero-order valence-electron chi connectivity index (χ0n) is 10.4. The van der Waals surface area contributed by atoms with Gasteiger partial charge in [-0.1, -0.05) is 12.1 Å². The number of carbonyl (C=O) groups is 2. The second-order valence-electron chi connectivity index (χ2n) is 4.76. The zero-order chi connectivity index (χ0) is 13.5. The molecule has 1 atom stereocenters. The monoisotopic (exact) mass is 283 g/mol. The Kier molecular flexibility index (Phi) is 3.43. The number of nitrogens with zero attached hydrogens (tertiary/aromatic N) is 1. The molecule has 0 aliphatic carbocycles. The average molecular weight is 284 g/mol. The van der Waals surface area contributed by atoms with Crippen molar-refractivity contribution >= 4 is 35.4 Å². The maximum atomic E-state index is 12.1. The predicted octanol–water partition coefficient (Wildman–Crippen LogP) is 3.34. The van der Waals surface area contributed by atoms with Crippen LogP contribution in [0.1, 0.15) is 41.5 Å². The van der Waals surface area contributed by atoms with Crippen molar-refractivity contribution in [3.8, 4) is 0 Å². The number of halogens is 1. The van der Waals surface area contributed by atoms with E-state index >= 15 is 0 Å². The first kappa shape index (κ1) is 13.4. The van der Waals surface area contributed by atoms with Crippen LogP contribution in [0.15, 0.2) is 24.3 Å². The molecule has 0 saturated carbocycles. The van der Waals surface area contributed by atoms with E-state index in [1.807, 2.05) is 20.8 Å². The summed E-state index contributed by atoms with van der Waals surface area (Å²) in [5, 5.41) is -0.160. The summed E-state index contributed by atoms with van der Waals surface area (Å²) in [5.41, 5.74) is 0.932. The van der Waals surface area contributed by atoms with Gasteiger partial charge in [-0.2, -0.15) is 0 Å². The number of benzene rings is 1. The Morgan fingerprint density at radius 1 is 1.17 bits per heavy atom. The molecule has 0 fully saturated rings. The lowest BCUT2D eigenvalue weighted by atomic mass is 10.1. The minimum atomic E-state index is -0.394. The number of amides is 2. The topological polar surface area (TPSA) is 37.4 Å². The molecule has 0 N–H and O–H groups in total. The van der Waals surface area contributed by atoms with E-state index in [0.717, 1.165) is 0 Å². The third-order valence-electron chi connectivity index (χ3n) is 3.04. The number of imide groups is 1. The molecular formula is C13H14ClNO2S. The molecule has 0 saturated heterocycles. The molecule has 1 heterocycles. The maximum Gasteiger partial charge on any atom is 0.271 e. The average Bonchev–Trinajstić information content (AvgIpc) is 2.55. The lowest BCUT2D eigenvalue weighted by Gasteiger charge is -2.29. The van der Waals surface area contributed by atoms with E-state index in [1.54, 1.807) is 24.3 Å². The Hall–Kier alpha value is -1.00. The van der Waals surface area contributed by atoms with Crippen LogP contribution in [0.5, 0.6) is 0 Å². The number of rotatable bonds is 3. The minimum absolute atomic E-state index is 0.160. The van der Waals surface area contributed by atoms with Crippen molar-refractivity contribution in [2.24, 2.45) is 0 Å². The lowest BCUT2D eigenvalue weighted by molar-refractivity contribution is 0.0775. The Labute approximate surface area is 116 Å². The molecule has 1 aliphatic rings. The maximum absolute atomic E-state index is 12.1. The highest BCUT2D eigenvalue weighted by atomic mass is 35.5. The fourth-order valence-electron chi connectivity index (χ4n) is 1.56. The molecule has 1 unspecified atom stereocenters. The van der Waals surface area contributed by atoms with Crippen LogP contribution in [0, 0.1) is 0 Å². The van der Waals surface area contributed by atoms with Crippen molar-refractivity contribution in [2.75, 3.05) is 0 Å². The van der Waals surface area contributed by atoms with E-state index < -0.39 is 4.75 Å². The SMILES string of the molecule is CC(Cl)C(C)(C)SN1C(=O)c2ccccc2C1=O. The van der Waals surface area contributed by atoms with Crippen LogP contribution in [0.25, 0.3) is 0 Å². The summed E-state index contributed by atoms with van der Waals surface area (Å²) >= 11 is 7.28. The van der Waals surface area contributed by atoms with Crippen molar-refractivity contribution in [3.63, 3.8) is 0 Å². The molecule has 0 spiro atoms. The molecule has 1 aliphatic heterocycles. The van der Waals surface area contributed by atoms with Gasteiger partial charge >= 0.3 is 0 Å². The van der Waals surface area contributed by atoms with Crippen molar-refractivity contribution < 1.29 is 9.59 Å². The van der Waals surface area contributed by atoms with E-state index in [9.17, 15) is 9.59 Å². The van der Waals surface area contributed by atoms with Crippen LogP contribution in [-0.2, 0) is 0 Å². The summed E-state index contributed by atoms with van der Waals surface area (Å²) in [5.74, 6) is -0.517. The third kappa shape index (κ3) is 2.15. The summed E-state index contributed by atoms with van der Waals surface area (Å²) < 4.78 is 0.818. The van der Waals surface area contributed by atoms with Crippen molar-refractivity contribution in [1.82, 2.24) is 4.31 Å². The van der Waals surface area contributed by atoms with Gasteiger partial charge in [-0.05, 0) is 44.9 Å². The fraction of sp³-hybridized carbons (Fsp3) is 0.385. The highest BCUT2D eigenvalue weighted by Crippen LogP contribution is 2.38. The van der Waals surface area contributed by atoms with Crippen LogP contribution in [0.2, 0.25) is 0 Å². The quantitative estimate of drug-likeness (QED) is 0.485. The number of hydrogen-bond donors (Lipinski definition) is 0. The van der Waals surface area contributed by atoms with Crippen LogP contribution >= 0.6 is 23.5 Å². The molecule has 1 aromatic carbocycles. The van der Waals surface area contributed by atoms with Gasteiger partial charge < -0.3 is 0 Å². The van der Waals surface area contributed by atoms with Crippen molar-refractivity contribution in [1.29, 1.82) is 0 Å². The summed E-state index contributed by atoms with van der Waals surface area (Å²) in [7, 11) is 0. The predicted molar refractivity (Wildman–Crippen MR) is 73.9 cm³/mol. The number of carbonyl (C=O) groups excluding carboxylic acids is 2. The molecule has 1 aromatic rings. The van der Waals surface area contributed by atoms with E-state index in [-0.39, 0.29) is 17.2 Å².